The van der Waals surface area contributed by atoms with Crippen LogP contribution in [0.5, 0.6) is 5.88 Å². The number of rotatable bonds is 5. The summed E-state index contributed by atoms with van der Waals surface area (Å²) in [5.74, 6) is -2.55. The number of methoxy groups -OCH3 is 1. The summed E-state index contributed by atoms with van der Waals surface area (Å²) in [5, 5.41) is 6.47. The van der Waals surface area contributed by atoms with Crippen LogP contribution in [-0.2, 0) is 20.4 Å². The van der Waals surface area contributed by atoms with Gasteiger partial charge in [-0.05, 0) is 32.9 Å². The van der Waals surface area contributed by atoms with Crippen molar-refractivity contribution in [2.45, 2.75) is 44.9 Å². The van der Waals surface area contributed by atoms with E-state index in [2.05, 4.69) is 20.4 Å². The molecule has 3 N–H and O–H groups in total. The Hall–Kier alpha value is -4.05. The number of nitrogens with zero attached hydrogens (tertiary/aromatic N) is 5. The van der Waals surface area contributed by atoms with Gasteiger partial charge in [0.1, 0.15) is 23.6 Å². The van der Waals surface area contributed by atoms with E-state index in [4.69, 9.17) is 19.9 Å². The van der Waals surface area contributed by atoms with Gasteiger partial charge < -0.3 is 30.2 Å². The van der Waals surface area contributed by atoms with E-state index in [0.29, 0.717) is 0 Å². The molecule has 3 aromatic rings. The first kappa shape index (κ1) is 29.4. The number of hydrogen-bond acceptors (Lipinski definition) is 9. The van der Waals surface area contributed by atoms with E-state index < -0.39 is 46.6 Å². The fourth-order valence-electron chi connectivity index (χ4n) is 4.97. The summed E-state index contributed by atoms with van der Waals surface area (Å²) in [7, 11) is 1.26. The number of pyridine rings is 1. The van der Waals surface area contributed by atoms with E-state index in [0.717, 1.165) is 16.9 Å². The first-order chi connectivity index (χ1) is 19.6. The molecule has 0 radical (unpaired) electrons. The van der Waals surface area contributed by atoms with Crippen LogP contribution in [-0.4, -0.2) is 87.7 Å². The molecule has 2 aliphatic heterocycles. The summed E-state index contributed by atoms with van der Waals surface area (Å²) in [6, 6.07) is 1.01. The number of carbonyl (C=O) groups is 2. The van der Waals surface area contributed by atoms with Gasteiger partial charge in [-0.25, -0.2) is 18.9 Å². The molecule has 0 bridgehead atoms. The number of anilines is 1. The Morgan fingerprint density at radius 3 is 2.48 bits per heavy atom. The maximum absolute atomic E-state index is 15.1. The molecule has 0 spiro atoms. The second kappa shape index (κ2) is 10.3. The largest absolute Gasteiger partial charge is 0.480 e. The first-order valence-electron chi connectivity index (χ1n) is 12.9. The molecule has 0 aliphatic carbocycles. The third-order valence-electron chi connectivity index (χ3n) is 7.32. The molecule has 226 valence electrons. The molecule has 2 amide bonds. The molecule has 2 saturated heterocycles. The molecule has 42 heavy (non-hydrogen) atoms. The van der Waals surface area contributed by atoms with Crippen LogP contribution >= 0.6 is 0 Å². The van der Waals surface area contributed by atoms with Crippen molar-refractivity contribution in [3.63, 3.8) is 0 Å². The Bertz CT molecular complexity index is 1530. The Balaban J connectivity index is 1.39. The number of nitrogens with one attached hydrogen (secondary N) is 1. The van der Waals surface area contributed by atoms with Crippen molar-refractivity contribution in [3.05, 3.63) is 35.8 Å². The number of hydrogen-bond donors (Lipinski definition) is 2. The van der Waals surface area contributed by atoms with E-state index in [1.807, 2.05) is 0 Å². The lowest BCUT2D eigenvalue weighted by atomic mass is 9.89. The van der Waals surface area contributed by atoms with Gasteiger partial charge >= 0.3 is 6.18 Å². The zero-order valence-corrected chi connectivity index (χ0v) is 23.2. The summed E-state index contributed by atoms with van der Waals surface area (Å²) in [4.78, 5) is 35.6. The molecule has 5 rings (SSSR count). The van der Waals surface area contributed by atoms with Crippen LogP contribution in [0, 0.1) is 5.41 Å². The molecular weight excluding hydrogens is 566 g/mol. The van der Waals surface area contributed by atoms with Gasteiger partial charge in [-0.1, -0.05) is 0 Å². The van der Waals surface area contributed by atoms with Crippen molar-refractivity contribution in [1.82, 2.24) is 29.8 Å². The molecule has 16 heteroatoms. The zero-order valence-electron chi connectivity index (χ0n) is 23.2. The number of alkyl halides is 4. The molecule has 12 nitrogen and oxygen atoms in total. The Labute approximate surface area is 237 Å². The lowest BCUT2D eigenvalue weighted by Gasteiger charge is -2.41. The van der Waals surface area contributed by atoms with Gasteiger partial charge in [-0.15, -0.1) is 0 Å². The summed E-state index contributed by atoms with van der Waals surface area (Å²) < 4.78 is 73.8. The summed E-state index contributed by atoms with van der Waals surface area (Å²) in [6.45, 7) is 4.92. The van der Waals surface area contributed by atoms with Gasteiger partial charge in [0.15, 0.2) is 11.6 Å². The van der Waals surface area contributed by atoms with E-state index in [1.165, 1.54) is 24.3 Å². The maximum Gasteiger partial charge on any atom is 0.418 e. The third kappa shape index (κ3) is 5.31. The number of halogens is 4. The van der Waals surface area contributed by atoms with Gasteiger partial charge in [0.05, 0.1) is 49.6 Å². The van der Waals surface area contributed by atoms with Gasteiger partial charge in [0, 0.05) is 18.3 Å². The van der Waals surface area contributed by atoms with Crippen LogP contribution in [0.1, 0.15) is 36.7 Å². The average Bonchev–Trinajstić information content (AvgIpc) is 3.51. The highest BCUT2D eigenvalue weighted by Crippen LogP contribution is 2.39. The highest BCUT2D eigenvalue weighted by molar-refractivity contribution is 5.98. The number of carbonyl (C=O) groups excluding carboxylic acids is 2. The van der Waals surface area contributed by atoms with Crippen molar-refractivity contribution in [1.29, 1.82) is 0 Å². The fourth-order valence-corrected chi connectivity index (χ4v) is 4.97. The predicted molar refractivity (Wildman–Crippen MR) is 139 cm³/mol. The van der Waals surface area contributed by atoms with Crippen LogP contribution < -0.4 is 15.8 Å². The van der Waals surface area contributed by atoms with Gasteiger partial charge in [-0.3, -0.25) is 9.59 Å². The molecule has 0 aromatic carbocycles. The smallest absolute Gasteiger partial charge is 0.418 e. The normalized spacial score (nSPS) is 21.9. The number of nitrogen functional groups attached to an aromatic ring is 1. The summed E-state index contributed by atoms with van der Waals surface area (Å²) in [5.41, 5.74) is 3.02. The molecule has 5 heterocycles. The summed E-state index contributed by atoms with van der Waals surface area (Å²) in [6.07, 6.45) is -4.15. The number of amides is 2. The summed E-state index contributed by atoms with van der Waals surface area (Å²) >= 11 is 0. The lowest BCUT2D eigenvalue weighted by Crippen LogP contribution is -2.53. The van der Waals surface area contributed by atoms with Crippen molar-refractivity contribution in [2.24, 2.45) is 5.41 Å². The minimum absolute atomic E-state index is 0.0648. The molecule has 2 atom stereocenters. The van der Waals surface area contributed by atoms with Crippen LogP contribution in [0.15, 0.2) is 24.7 Å². The molecule has 3 aromatic heterocycles. The van der Waals surface area contributed by atoms with E-state index >= 15 is 4.39 Å². The van der Waals surface area contributed by atoms with Crippen molar-refractivity contribution in [2.75, 3.05) is 39.1 Å². The number of nitrogens with two attached hydrogens (primary N) is 1. The molecule has 0 unspecified atom stereocenters. The fraction of sp³-hybridized carbons (Fsp3) is 0.500. The Morgan fingerprint density at radius 1 is 1.14 bits per heavy atom. The lowest BCUT2D eigenvalue weighted by molar-refractivity contribution is -0.279. The van der Waals surface area contributed by atoms with Crippen molar-refractivity contribution < 1.29 is 41.4 Å². The Kier molecular flexibility index (Phi) is 7.25. The molecule has 0 saturated carbocycles. The molecule has 2 aliphatic rings. The quantitative estimate of drug-likeness (QED) is 0.425. The third-order valence-corrected chi connectivity index (χ3v) is 7.32. The van der Waals surface area contributed by atoms with E-state index in [-0.39, 0.29) is 60.7 Å². The van der Waals surface area contributed by atoms with E-state index in [9.17, 15) is 22.8 Å². The second-order valence-electron chi connectivity index (χ2n) is 11.0. The maximum atomic E-state index is 15.1. The minimum atomic E-state index is -4.77. The highest BCUT2D eigenvalue weighted by Gasteiger charge is 2.47. The van der Waals surface area contributed by atoms with Crippen molar-refractivity contribution >= 4 is 23.1 Å². The monoisotopic (exact) mass is 595 g/mol. The van der Waals surface area contributed by atoms with Gasteiger partial charge in [-0.2, -0.15) is 18.3 Å². The molecule has 2 fully saturated rings. The Morgan fingerprint density at radius 2 is 1.83 bits per heavy atom. The van der Waals surface area contributed by atoms with Crippen LogP contribution in [0.3, 0.4) is 0 Å². The number of aromatic nitrogens is 4. The number of ether oxygens (including phenoxy) is 3. The minimum Gasteiger partial charge on any atom is -0.480 e. The second-order valence-corrected chi connectivity index (χ2v) is 11.0. The zero-order chi connectivity index (χ0) is 30.6. The topological polar surface area (TPSA) is 146 Å². The number of fused-ring (bicyclic) bond motifs is 1. The van der Waals surface area contributed by atoms with Crippen molar-refractivity contribution in [3.8, 4) is 17.1 Å². The first-order valence-corrected chi connectivity index (χ1v) is 12.9. The predicted octanol–water partition coefficient (Wildman–Crippen LogP) is 2.47. The standard InChI is InChI=1S/C26H29F4N7O5/c1-24(2)41-10-25(3,11-42-24)23(39)36-8-16(27)17(9-36)35-21(38)14-5-13(7-32-22(14)40-4)18-6-15(26(28,29)30)19-20(31)33-12-34-37(18)19/h5-7,12,16-17H,8-11H2,1-4H3,(H,35,38)(H2,31,33,34)/t16-,17+/m0/s1. The van der Waals surface area contributed by atoms with Crippen LogP contribution in [0.2, 0.25) is 0 Å². The molecular formula is C26H29F4N7O5. The van der Waals surface area contributed by atoms with Gasteiger partial charge in [0.2, 0.25) is 11.8 Å². The highest BCUT2D eigenvalue weighted by atomic mass is 19.4. The van der Waals surface area contributed by atoms with Crippen LogP contribution in [0.4, 0.5) is 23.4 Å². The van der Waals surface area contributed by atoms with E-state index in [1.54, 1.807) is 20.8 Å². The van der Waals surface area contributed by atoms with Gasteiger partial charge in [0.25, 0.3) is 5.91 Å². The SMILES string of the molecule is COc1ncc(-c2cc(C(F)(F)F)c3c(N)ncnn23)cc1C(=O)N[C@@H]1CN(C(=O)C2(C)COC(C)(C)OC2)C[C@@H]1F. The number of likely N-dealkylation sites (tertiary alicyclic amines) is 1. The van der Waals surface area contributed by atoms with Crippen LogP contribution in [0.25, 0.3) is 16.8 Å². The average molecular weight is 596 g/mol.